The van der Waals surface area contributed by atoms with Crippen LogP contribution in [-0.4, -0.2) is 78.2 Å². The number of aromatic hydroxyl groups is 4. The number of aliphatic hydroxyl groups excluding tert-OH is 4. The van der Waals surface area contributed by atoms with Crippen molar-refractivity contribution in [2.45, 2.75) is 42.7 Å². The van der Waals surface area contributed by atoms with E-state index in [1.807, 2.05) is 6.08 Å². The van der Waals surface area contributed by atoms with E-state index in [0.29, 0.717) is 28.0 Å². The minimum atomic E-state index is -1.66. The highest BCUT2D eigenvalue weighted by Crippen LogP contribution is 2.53. The zero-order chi connectivity index (χ0) is 31.8. The van der Waals surface area contributed by atoms with Crippen LogP contribution in [-0.2, 0) is 4.74 Å². The summed E-state index contributed by atoms with van der Waals surface area (Å²) in [5.41, 5.74) is 3.32. The van der Waals surface area contributed by atoms with Gasteiger partial charge in [-0.2, -0.15) is 0 Å². The monoisotopic (exact) mass is 616 g/mol. The Hall–Kier alpha value is -4.78. The lowest BCUT2D eigenvalue weighted by molar-refractivity contribution is -0.277. The first-order valence-electron chi connectivity index (χ1n) is 14.2. The minimum absolute atomic E-state index is 0.0354. The van der Waals surface area contributed by atoms with Gasteiger partial charge in [-0.1, -0.05) is 36.4 Å². The molecule has 2 aliphatic heterocycles. The first-order valence-corrected chi connectivity index (χ1v) is 14.2. The van der Waals surface area contributed by atoms with E-state index in [2.05, 4.69) is 0 Å². The summed E-state index contributed by atoms with van der Waals surface area (Å²) < 4.78 is 17.7. The number of hydrogen-bond acceptors (Lipinski definition) is 11. The van der Waals surface area contributed by atoms with Crippen molar-refractivity contribution in [3.05, 3.63) is 107 Å². The highest BCUT2D eigenvalue weighted by atomic mass is 16.7. The van der Waals surface area contributed by atoms with Gasteiger partial charge in [-0.25, -0.2) is 0 Å². The molecular weight excluding hydrogens is 584 g/mol. The zero-order valence-corrected chi connectivity index (χ0v) is 23.7. The second-order valence-corrected chi connectivity index (χ2v) is 11.1. The third kappa shape index (κ3) is 6.12. The number of phenols is 4. The lowest BCUT2D eigenvalue weighted by Gasteiger charge is -2.39. The fourth-order valence-electron chi connectivity index (χ4n) is 5.75. The van der Waals surface area contributed by atoms with Crippen molar-refractivity contribution >= 4 is 12.2 Å². The molecule has 8 N–H and O–H groups in total. The van der Waals surface area contributed by atoms with Crippen molar-refractivity contribution < 1.29 is 55.1 Å². The number of benzene rings is 4. The summed E-state index contributed by atoms with van der Waals surface area (Å²) in [6, 6.07) is 20.6. The Balaban J connectivity index is 1.43. The van der Waals surface area contributed by atoms with Crippen molar-refractivity contribution in [1.29, 1.82) is 0 Å². The van der Waals surface area contributed by atoms with Crippen molar-refractivity contribution in [3.63, 3.8) is 0 Å². The van der Waals surface area contributed by atoms with Crippen molar-refractivity contribution in [2.75, 3.05) is 6.61 Å². The van der Waals surface area contributed by atoms with Crippen LogP contribution in [0.4, 0.5) is 0 Å². The Morgan fingerprint density at radius 3 is 2.02 bits per heavy atom. The molecule has 0 bridgehead atoms. The summed E-state index contributed by atoms with van der Waals surface area (Å²) in [6.45, 7) is -0.631. The molecule has 11 nitrogen and oxygen atoms in total. The fraction of sp³-hybridized carbons (Fsp3) is 0.235. The van der Waals surface area contributed by atoms with E-state index in [4.69, 9.17) is 14.2 Å². The van der Waals surface area contributed by atoms with Crippen LogP contribution < -0.4 is 9.47 Å². The number of phenolic OH excluding ortho intramolecular Hbond substituents is 4. The van der Waals surface area contributed by atoms with Gasteiger partial charge in [-0.3, -0.25) is 0 Å². The molecule has 2 heterocycles. The van der Waals surface area contributed by atoms with Crippen LogP contribution in [0.2, 0.25) is 0 Å². The summed E-state index contributed by atoms with van der Waals surface area (Å²) in [7, 11) is 0. The van der Waals surface area contributed by atoms with E-state index in [9.17, 15) is 40.9 Å². The molecule has 0 unspecified atom stereocenters. The van der Waals surface area contributed by atoms with E-state index < -0.39 is 49.3 Å². The molecule has 7 atom stereocenters. The van der Waals surface area contributed by atoms with Crippen LogP contribution in [0.15, 0.2) is 78.9 Å². The molecule has 4 aromatic rings. The van der Waals surface area contributed by atoms with E-state index in [1.165, 1.54) is 30.3 Å². The molecule has 234 valence electrons. The van der Waals surface area contributed by atoms with Crippen LogP contribution in [0, 0.1) is 0 Å². The number of fused-ring (bicyclic) bond motifs is 1. The number of hydrogen-bond donors (Lipinski definition) is 8. The normalized spacial score (nSPS) is 26.0. The molecule has 0 saturated carbocycles. The zero-order valence-electron chi connectivity index (χ0n) is 23.7. The maximum Gasteiger partial charge on any atom is 0.229 e. The van der Waals surface area contributed by atoms with Gasteiger partial charge in [0.15, 0.2) is 0 Å². The summed E-state index contributed by atoms with van der Waals surface area (Å²) in [4.78, 5) is 0. The Kier molecular flexibility index (Phi) is 8.28. The molecule has 0 aromatic heterocycles. The quantitative estimate of drug-likeness (QED) is 0.142. The van der Waals surface area contributed by atoms with Crippen LogP contribution in [0.1, 0.15) is 39.8 Å². The molecule has 0 amide bonds. The lowest BCUT2D eigenvalue weighted by atomic mass is 9.82. The maximum absolute atomic E-state index is 10.8. The molecule has 1 saturated heterocycles. The molecule has 0 spiro atoms. The molecule has 0 radical (unpaired) electrons. The molecule has 1 fully saturated rings. The number of rotatable bonds is 7. The van der Waals surface area contributed by atoms with Gasteiger partial charge in [0.1, 0.15) is 65.0 Å². The van der Waals surface area contributed by atoms with Crippen molar-refractivity contribution in [1.82, 2.24) is 0 Å². The van der Waals surface area contributed by atoms with Crippen LogP contribution in [0.25, 0.3) is 12.2 Å². The molecular formula is C34H32O11. The summed E-state index contributed by atoms with van der Waals surface area (Å²) in [5.74, 6) is -0.171. The molecule has 6 rings (SSSR count). The second-order valence-electron chi connectivity index (χ2n) is 11.1. The standard InChI is InChI=1S/C34H32O11/c35-16-27-30(40)31(41)32(42)34(45-27)43-25-13-20(12-23(38)14-25)29-28-19(4-1-17-2-7-21(36)8-3-17)11-24(39)15-26(28)44-33(29)18-5-9-22(37)10-6-18/h1-15,27,29-42H,16H2/t27-,29-,30-,31+,32-,33-,34-/m1/s1. The number of aliphatic hydroxyl groups is 4. The van der Waals surface area contributed by atoms with E-state index in [1.54, 1.807) is 54.6 Å². The first-order chi connectivity index (χ1) is 21.6. The topological polar surface area (TPSA) is 190 Å². The van der Waals surface area contributed by atoms with E-state index >= 15 is 0 Å². The Morgan fingerprint density at radius 1 is 0.667 bits per heavy atom. The fourth-order valence-corrected chi connectivity index (χ4v) is 5.75. The maximum atomic E-state index is 10.8. The van der Waals surface area contributed by atoms with Crippen LogP contribution in [0.3, 0.4) is 0 Å². The average molecular weight is 617 g/mol. The van der Waals surface area contributed by atoms with Gasteiger partial charge in [0.2, 0.25) is 6.29 Å². The summed E-state index contributed by atoms with van der Waals surface area (Å²) in [5, 5.41) is 81.4. The van der Waals surface area contributed by atoms with Gasteiger partial charge in [0.05, 0.1) is 12.5 Å². The molecule has 11 heteroatoms. The Morgan fingerprint density at radius 2 is 1.33 bits per heavy atom. The van der Waals surface area contributed by atoms with Crippen LogP contribution >= 0.6 is 0 Å². The minimum Gasteiger partial charge on any atom is -0.508 e. The molecule has 4 aromatic carbocycles. The second kappa shape index (κ2) is 12.3. The van der Waals surface area contributed by atoms with Gasteiger partial charge in [0, 0.05) is 17.7 Å². The molecule has 0 aliphatic carbocycles. The first kappa shape index (κ1) is 30.3. The largest absolute Gasteiger partial charge is 0.508 e. The van der Waals surface area contributed by atoms with Crippen molar-refractivity contribution in [3.8, 4) is 34.5 Å². The van der Waals surface area contributed by atoms with Gasteiger partial charge in [-0.15, -0.1) is 0 Å². The molecule has 45 heavy (non-hydrogen) atoms. The number of ether oxygens (including phenoxy) is 3. The predicted molar refractivity (Wildman–Crippen MR) is 161 cm³/mol. The van der Waals surface area contributed by atoms with E-state index in [0.717, 1.165) is 5.56 Å². The molecule has 2 aliphatic rings. The van der Waals surface area contributed by atoms with Crippen molar-refractivity contribution in [2.24, 2.45) is 0 Å². The third-order valence-electron chi connectivity index (χ3n) is 7.97. The summed E-state index contributed by atoms with van der Waals surface area (Å²) in [6.07, 6.45) is -4.59. The van der Waals surface area contributed by atoms with Gasteiger partial charge < -0.3 is 55.1 Å². The smallest absolute Gasteiger partial charge is 0.229 e. The summed E-state index contributed by atoms with van der Waals surface area (Å²) >= 11 is 0. The van der Waals surface area contributed by atoms with Gasteiger partial charge >= 0.3 is 0 Å². The Bertz CT molecular complexity index is 1680. The highest BCUT2D eigenvalue weighted by Gasteiger charge is 2.45. The van der Waals surface area contributed by atoms with Gasteiger partial charge in [-0.05, 0) is 64.7 Å². The van der Waals surface area contributed by atoms with Gasteiger partial charge in [0.25, 0.3) is 0 Å². The van der Waals surface area contributed by atoms with E-state index in [-0.39, 0.29) is 28.7 Å². The Labute approximate surface area is 257 Å². The third-order valence-corrected chi connectivity index (χ3v) is 7.97. The van der Waals surface area contributed by atoms with Crippen LogP contribution in [0.5, 0.6) is 34.5 Å². The lowest BCUT2D eigenvalue weighted by Crippen LogP contribution is -2.60. The highest BCUT2D eigenvalue weighted by molar-refractivity contribution is 5.75. The SMILES string of the molecule is OC[C@H]1O[C@@H](Oc2cc(O)cc([C@@H]3c4c(C=Cc5ccc(O)cc5)cc(O)cc4O[C@@H]3c3ccc(O)cc3)c2)[C@H](O)[C@@H](O)[C@@H]1O. The predicted octanol–water partition coefficient (Wildman–Crippen LogP) is 3.12. The average Bonchev–Trinajstić information content (AvgIpc) is 3.40.